The van der Waals surface area contributed by atoms with E-state index in [0.29, 0.717) is 17.7 Å². The molecule has 1 saturated carbocycles. The van der Waals surface area contributed by atoms with Crippen LogP contribution >= 0.6 is 0 Å². The average Bonchev–Trinajstić information content (AvgIpc) is 2.83. The summed E-state index contributed by atoms with van der Waals surface area (Å²) in [7, 11) is 0. The highest BCUT2D eigenvalue weighted by atomic mass is 19.1. The lowest BCUT2D eigenvalue weighted by atomic mass is 9.99. The molecule has 0 aromatic heterocycles. The number of halogens is 1. The Bertz CT molecular complexity index is 421. The Labute approximate surface area is 80.7 Å². The summed E-state index contributed by atoms with van der Waals surface area (Å²) in [5.74, 6) is 0.136. The first-order valence-electron chi connectivity index (χ1n) is 4.70. The zero-order valence-corrected chi connectivity index (χ0v) is 7.55. The van der Waals surface area contributed by atoms with E-state index in [1.54, 1.807) is 0 Å². The molecule has 72 valence electrons. The molecule has 1 spiro atoms. The summed E-state index contributed by atoms with van der Waals surface area (Å²) >= 11 is 0. The quantitative estimate of drug-likeness (QED) is 0.630. The van der Waals surface area contributed by atoms with Crippen molar-refractivity contribution in [1.82, 2.24) is 0 Å². The largest absolute Gasteiger partial charge is 0.486 e. The average molecular weight is 192 g/mol. The van der Waals surface area contributed by atoms with Gasteiger partial charge in [-0.2, -0.15) is 0 Å². The van der Waals surface area contributed by atoms with Crippen molar-refractivity contribution >= 4 is 5.78 Å². The van der Waals surface area contributed by atoms with Gasteiger partial charge in [0.2, 0.25) is 0 Å². The fourth-order valence-corrected chi connectivity index (χ4v) is 1.89. The van der Waals surface area contributed by atoms with Crippen LogP contribution in [0.25, 0.3) is 0 Å². The molecule has 14 heavy (non-hydrogen) atoms. The summed E-state index contributed by atoms with van der Waals surface area (Å²) in [4.78, 5) is 11.6. The number of carbonyl (C=O) groups excluding carboxylic acids is 1. The van der Waals surface area contributed by atoms with Crippen LogP contribution in [0.3, 0.4) is 0 Å². The first-order chi connectivity index (χ1) is 6.69. The maximum Gasteiger partial charge on any atom is 0.170 e. The lowest BCUT2D eigenvalue weighted by molar-refractivity contribution is 0.0811. The topological polar surface area (TPSA) is 26.3 Å². The van der Waals surface area contributed by atoms with Crippen molar-refractivity contribution in [2.75, 3.05) is 0 Å². The number of hydrogen-bond acceptors (Lipinski definition) is 2. The Morgan fingerprint density at radius 1 is 1.36 bits per heavy atom. The molecule has 0 radical (unpaired) electrons. The maximum absolute atomic E-state index is 12.9. The minimum absolute atomic E-state index is 0.0729. The number of hydrogen-bond donors (Lipinski definition) is 0. The smallest absolute Gasteiger partial charge is 0.170 e. The van der Waals surface area contributed by atoms with E-state index in [2.05, 4.69) is 0 Å². The molecule has 1 aliphatic heterocycles. The van der Waals surface area contributed by atoms with Crippen LogP contribution in [-0.2, 0) is 0 Å². The molecule has 3 rings (SSSR count). The molecule has 0 unspecified atom stereocenters. The molecule has 2 nitrogen and oxygen atoms in total. The van der Waals surface area contributed by atoms with Gasteiger partial charge in [0.05, 0.1) is 12.0 Å². The van der Waals surface area contributed by atoms with Crippen LogP contribution in [-0.4, -0.2) is 11.4 Å². The van der Waals surface area contributed by atoms with Gasteiger partial charge in [0.15, 0.2) is 5.78 Å². The third kappa shape index (κ3) is 1.05. The van der Waals surface area contributed by atoms with Gasteiger partial charge in [-0.3, -0.25) is 4.79 Å². The van der Waals surface area contributed by atoms with E-state index in [1.807, 2.05) is 0 Å². The molecule has 0 bridgehead atoms. The summed E-state index contributed by atoms with van der Waals surface area (Å²) < 4.78 is 18.5. The Morgan fingerprint density at radius 3 is 2.86 bits per heavy atom. The number of ether oxygens (including phenoxy) is 1. The molecule has 2 aliphatic rings. The van der Waals surface area contributed by atoms with Crippen LogP contribution in [0.5, 0.6) is 5.75 Å². The number of Topliss-reactive ketones (excluding diaryl/α,β-unsaturated/α-hetero) is 1. The normalized spacial score (nSPS) is 21.6. The van der Waals surface area contributed by atoms with E-state index in [9.17, 15) is 9.18 Å². The second-order valence-corrected chi connectivity index (χ2v) is 4.03. The number of carbonyl (C=O) groups is 1. The minimum atomic E-state index is -0.353. The first kappa shape index (κ1) is 7.97. The lowest BCUT2D eigenvalue weighted by Gasteiger charge is -2.24. The van der Waals surface area contributed by atoms with Crippen LogP contribution in [0.15, 0.2) is 18.2 Å². The van der Waals surface area contributed by atoms with Gasteiger partial charge in [-0.1, -0.05) is 0 Å². The van der Waals surface area contributed by atoms with Gasteiger partial charge in [0, 0.05) is 6.07 Å². The fourth-order valence-electron chi connectivity index (χ4n) is 1.89. The molecule has 1 heterocycles. The standard InChI is InChI=1S/C11H9FO2/c12-7-1-2-8-9(13)6-11(3-4-11)14-10(8)5-7/h1-2,5H,3-4,6H2. The maximum atomic E-state index is 12.9. The third-order valence-corrected chi connectivity index (χ3v) is 2.86. The number of ketones is 1. The molecule has 1 aromatic carbocycles. The molecule has 0 saturated heterocycles. The van der Waals surface area contributed by atoms with E-state index in [4.69, 9.17) is 4.74 Å². The van der Waals surface area contributed by atoms with Crippen LogP contribution in [0, 0.1) is 5.82 Å². The molecular formula is C11H9FO2. The second-order valence-electron chi connectivity index (χ2n) is 4.03. The Hall–Kier alpha value is -1.38. The predicted molar refractivity (Wildman–Crippen MR) is 47.9 cm³/mol. The molecule has 1 aromatic rings. The van der Waals surface area contributed by atoms with Crippen molar-refractivity contribution in [3.05, 3.63) is 29.6 Å². The van der Waals surface area contributed by atoms with Crippen molar-refractivity contribution in [2.45, 2.75) is 24.9 Å². The molecule has 0 N–H and O–H groups in total. The molecule has 3 heteroatoms. The van der Waals surface area contributed by atoms with Crippen LogP contribution in [0.4, 0.5) is 4.39 Å². The van der Waals surface area contributed by atoms with E-state index >= 15 is 0 Å². The Kier molecular flexibility index (Phi) is 1.34. The summed E-state index contributed by atoms with van der Waals surface area (Å²) in [5, 5.41) is 0. The Morgan fingerprint density at radius 2 is 2.14 bits per heavy atom. The van der Waals surface area contributed by atoms with Gasteiger partial charge in [-0.15, -0.1) is 0 Å². The van der Waals surface area contributed by atoms with Gasteiger partial charge < -0.3 is 4.74 Å². The zero-order valence-electron chi connectivity index (χ0n) is 7.55. The SMILES string of the molecule is O=C1CC2(CC2)Oc2cc(F)ccc21. The van der Waals surface area contributed by atoms with Crippen molar-refractivity contribution in [3.63, 3.8) is 0 Å². The second kappa shape index (κ2) is 2.35. The highest BCUT2D eigenvalue weighted by molar-refractivity contribution is 6.00. The lowest BCUT2D eigenvalue weighted by Crippen LogP contribution is -2.28. The zero-order chi connectivity index (χ0) is 9.76. The minimum Gasteiger partial charge on any atom is -0.486 e. The van der Waals surface area contributed by atoms with Crippen molar-refractivity contribution in [1.29, 1.82) is 0 Å². The van der Waals surface area contributed by atoms with Gasteiger partial charge in [-0.05, 0) is 25.0 Å². The third-order valence-electron chi connectivity index (χ3n) is 2.86. The summed E-state index contributed by atoms with van der Waals surface area (Å²) in [6, 6.07) is 4.10. The number of fused-ring (bicyclic) bond motifs is 1. The van der Waals surface area contributed by atoms with Crippen LogP contribution in [0.1, 0.15) is 29.6 Å². The molecule has 1 fully saturated rings. The van der Waals surface area contributed by atoms with Gasteiger partial charge in [-0.25, -0.2) is 4.39 Å². The summed E-state index contributed by atoms with van der Waals surface area (Å²) in [5.41, 5.74) is 0.238. The monoisotopic (exact) mass is 192 g/mol. The van der Waals surface area contributed by atoms with Crippen LogP contribution < -0.4 is 4.74 Å². The van der Waals surface area contributed by atoms with E-state index in [0.717, 1.165) is 12.8 Å². The molecule has 0 atom stereocenters. The highest BCUT2D eigenvalue weighted by Crippen LogP contribution is 2.48. The Balaban J connectivity index is 2.11. The predicted octanol–water partition coefficient (Wildman–Crippen LogP) is 2.32. The molecular weight excluding hydrogens is 183 g/mol. The summed E-state index contributed by atoms with van der Waals surface area (Å²) in [6.45, 7) is 0. The molecule has 1 aliphatic carbocycles. The molecule has 0 amide bonds. The van der Waals surface area contributed by atoms with Gasteiger partial charge >= 0.3 is 0 Å². The van der Waals surface area contributed by atoms with Crippen LogP contribution in [0.2, 0.25) is 0 Å². The van der Waals surface area contributed by atoms with Gasteiger partial charge in [0.1, 0.15) is 17.2 Å². The highest BCUT2D eigenvalue weighted by Gasteiger charge is 2.50. The van der Waals surface area contributed by atoms with E-state index in [-0.39, 0.29) is 17.2 Å². The van der Waals surface area contributed by atoms with Crippen molar-refractivity contribution < 1.29 is 13.9 Å². The summed E-state index contributed by atoms with van der Waals surface area (Å²) in [6.07, 6.45) is 2.27. The number of benzene rings is 1. The van der Waals surface area contributed by atoms with Gasteiger partial charge in [0.25, 0.3) is 0 Å². The van der Waals surface area contributed by atoms with Crippen molar-refractivity contribution in [3.8, 4) is 5.75 Å². The van der Waals surface area contributed by atoms with E-state index in [1.165, 1.54) is 18.2 Å². The van der Waals surface area contributed by atoms with Crippen molar-refractivity contribution in [2.24, 2.45) is 0 Å². The fraction of sp³-hybridized carbons (Fsp3) is 0.364. The first-order valence-corrected chi connectivity index (χ1v) is 4.70. The van der Waals surface area contributed by atoms with E-state index < -0.39 is 0 Å². The number of rotatable bonds is 0.